The Morgan fingerprint density at radius 1 is 0.852 bits per heavy atom. The lowest BCUT2D eigenvalue weighted by atomic mass is 9.83. The van der Waals surface area contributed by atoms with E-state index in [1.54, 1.807) is 4.90 Å². The van der Waals surface area contributed by atoms with Gasteiger partial charge in [0.05, 0.1) is 6.54 Å². The average Bonchev–Trinajstić information content (AvgIpc) is 2.96. The number of carbonyl (C=O) groups is 1. The van der Waals surface area contributed by atoms with Gasteiger partial charge in [0.2, 0.25) is 0 Å². The number of rotatable bonds is 4. The Bertz CT molecular complexity index is 942. The van der Waals surface area contributed by atoms with Gasteiger partial charge in [-0.25, -0.2) is 4.99 Å². The van der Waals surface area contributed by atoms with E-state index < -0.39 is 5.54 Å². The number of benzene rings is 3. The van der Waals surface area contributed by atoms with Gasteiger partial charge in [-0.2, -0.15) is 0 Å². The van der Waals surface area contributed by atoms with Crippen LogP contribution in [0.2, 0.25) is 0 Å². The summed E-state index contributed by atoms with van der Waals surface area (Å²) in [7, 11) is 0. The normalized spacial score (nSPS) is 15.7. The summed E-state index contributed by atoms with van der Waals surface area (Å²) >= 11 is 0. The van der Waals surface area contributed by atoms with Crippen molar-refractivity contribution in [3.8, 4) is 0 Å². The van der Waals surface area contributed by atoms with Crippen molar-refractivity contribution >= 4 is 17.6 Å². The number of nitrogens with two attached hydrogens (primary N) is 1. The monoisotopic (exact) mass is 357 g/mol. The first-order valence-electron chi connectivity index (χ1n) is 8.80. The van der Waals surface area contributed by atoms with Crippen molar-refractivity contribution < 1.29 is 10.5 Å². The zero-order chi connectivity index (χ0) is 18.9. The number of aliphatic imine (C=N–C) groups is 1. The van der Waals surface area contributed by atoms with Crippen LogP contribution in [-0.4, -0.2) is 16.8 Å². The van der Waals surface area contributed by atoms with Crippen LogP contribution in [0.15, 0.2) is 89.9 Å². The van der Waals surface area contributed by atoms with Gasteiger partial charge in [-0.05, 0) is 28.8 Å². The standard InChI is InChI=1S/C22H20N4O/c23-19-13-11-16(12-14-19)15-26-20(27)22(25-21(26)24,17-7-3-1-4-8-17)18-9-5-2-6-10-18/h1-14H,15,23H2,(H2,24,25)/p+1. The summed E-state index contributed by atoms with van der Waals surface area (Å²) in [5.74, 6) is 0.0857. The topological polar surface area (TPSA) is 86.3 Å². The van der Waals surface area contributed by atoms with E-state index in [-0.39, 0.29) is 11.9 Å². The van der Waals surface area contributed by atoms with Crippen LogP contribution in [0.4, 0.5) is 5.69 Å². The molecule has 0 atom stereocenters. The Kier molecular flexibility index (Phi) is 4.22. The molecule has 0 saturated carbocycles. The van der Waals surface area contributed by atoms with Crippen LogP contribution in [0.1, 0.15) is 16.7 Å². The minimum absolute atomic E-state index is 0.142. The van der Waals surface area contributed by atoms with Crippen molar-refractivity contribution in [2.75, 3.05) is 0 Å². The third-order valence-corrected chi connectivity index (χ3v) is 4.86. The molecule has 4 rings (SSSR count). The van der Waals surface area contributed by atoms with E-state index in [1.165, 1.54) is 0 Å². The molecule has 0 aromatic heterocycles. The highest BCUT2D eigenvalue weighted by Crippen LogP contribution is 2.39. The van der Waals surface area contributed by atoms with E-state index in [9.17, 15) is 4.79 Å². The molecule has 5 N–H and O–H groups in total. The molecule has 0 bridgehead atoms. The van der Waals surface area contributed by atoms with Crippen molar-refractivity contribution in [3.63, 3.8) is 0 Å². The van der Waals surface area contributed by atoms with Gasteiger partial charge in [0.25, 0.3) is 5.91 Å². The van der Waals surface area contributed by atoms with Gasteiger partial charge in [-0.15, -0.1) is 0 Å². The molecule has 27 heavy (non-hydrogen) atoms. The number of hydrogen-bond acceptors (Lipinski definition) is 3. The average molecular weight is 357 g/mol. The maximum Gasteiger partial charge on any atom is 0.266 e. The van der Waals surface area contributed by atoms with Crippen molar-refractivity contribution in [2.45, 2.75) is 12.1 Å². The largest absolute Gasteiger partial charge is 0.369 e. The molecule has 1 heterocycles. The van der Waals surface area contributed by atoms with E-state index in [1.807, 2.05) is 84.9 Å². The fourth-order valence-corrected chi connectivity index (χ4v) is 3.46. The number of amides is 1. The summed E-state index contributed by atoms with van der Waals surface area (Å²) in [6.07, 6.45) is 0. The van der Waals surface area contributed by atoms with E-state index in [0.29, 0.717) is 6.54 Å². The minimum Gasteiger partial charge on any atom is -0.369 e. The zero-order valence-corrected chi connectivity index (χ0v) is 14.9. The van der Waals surface area contributed by atoms with Crippen LogP contribution in [0.5, 0.6) is 0 Å². The van der Waals surface area contributed by atoms with E-state index in [4.69, 9.17) is 10.7 Å². The Morgan fingerprint density at radius 2 is 1.37 bits per heavy atom. The maximum absolute atomic E-state index is 13.6. The Labute approximate surface area is 157 Å². The molecule has 0 saturated heterocycles. The molecule has 0 fully saturated rings. The third-order valence-electron chi connectivity index (χ3n) is 4.86. The molecule has 134 valence electrons. The number of nitrogens with zero attached hydrogens (tertiary/aromatic N) is 2. The highest BCUT2D eigenvalue weighted by molar-refractivity contribution is 6.09. The van der Waals surface area contributed by atoms with Gasteiger partial charge in [-0.3, -0.25) is 9.69 Å². The third kappa shape index (κ3) is 2.88. The fraction of sp³-hybridized carbons (Fsp3) is 0.0909. The molecule has 0 radical (unpaired) electrons. The van der Waals surface area contributed by atoms with E-state index in [0.717, 1.165) is 22.4 Å². The van der Waals surface area contributed by atoms with Crippen LogP contribution in [-0.2, 0) is 16.9 Å². The molecule has 5 nitrogen and oxygen atoms in total. The first-order valence-corrected chi connectivity index (χ1v) is 8.80. The van der Waals surface area contributed by atoms with Gasteiger partial charge in [0.15, 0.2) is 11.5 Å². The number of hydrogen-bond donors (Lipinski definition) is 2. The number of quaternary nitrogens is 1. The van der Waals surface area contributed by atoms with Crippen LogP contribution < -0.4 is 11.5 Å². The van der Waals surface area contributed by atoms with Crippen LogP contribution in [0.25, 0.3) is 0 Å². The second kappa shape index (κ2) is 6.70. The summed E-state index contributed by atoms with van der Waals surface area (Å²) < 4.78 is 0. The molecule has 5 heteroatoms. The van der Waals surface area contributed by atoms with Gasteiger partial charge in [0, 0.05) is 0 Å². The second-order valence-corrected chi connectivity index (χ2v) is 6.62. The molecule has 1 aliphatic heterocycles. The summed E-state index contributed by atoms with van der Waals surface area (Å²) in [4.78, 5) is 19.9. The minimum atomic E-state index is -1.15. The molecule has 1 amide bonds. The quantitative estimate of drug-likeness (QED) is 0.750. The van der Waals surface area contributed by atoms with Crippen LogP contribution in [0, 0.1) is 0 Å². The van der Waals surface area contributed by atoms with Crippen molar-refractivity contribution in [2.24, 2.45) is 10.7 Å². The summed E-state index contributed by atoms with van der Waals surface area (Å²) in [5, 5.41) is 0. The van der Waals surface area contributed by atoms with Gasteiger partial charge >= 0.3 is 0 Å². The molecular weight excluding hydrogens is 336 g/mol. The van der Waals surface area contributed by atoms with Gasteiger partial charge in [0.1, 0.15) is 5.69 Å². The Morgan fingerprint density at radius 3 is 1.89 bits per heavy atom. The summed E-state index contributed by atoms with van der Waals surface area (Å²) in [6, 6.07) is 26.9. The van der Waals surface area contributed by atoms with Crippen molar-refractivity contribution in [1.82, 2.24) is 4.90 Å². The molecule has 3 aromatic carbocycles. The SMILES string of the molecule is NC1=NC(c2ccccc2)(c2ccccc2)C(=O)N1Cc1ccc([NH3+])cc1. The summed E-state index contributed by atoms with van der Waals surface area (Å²) in [6.45, 7) is 0.371. The van der Waals surface area contributed by atoms with Gasteiger partial charge < -0.3 is 11.5 Å². The van der Waals surface area contributed by atoms with Crippen LogP contribution >= 0.6 is 0 Å². The first kappa shape index (κ1) is 17.0. The molecule has 3 aromatic rings. The van der Waals surface area contributed by atoms with Gasteiger partial charge in [-0.1, -0.05) is 72.8 Å². The van der Waals surface area contributed by atoms with Crippen molar-refractivity contribution in [1.29, 1.82) is 0 Å². The highest BCUT2D eigenvalue weighted by atomic mass is 16.2. The lowest BCUT2D eigenvalue weighted by Gasteiger charge is -2.27. The maximum atomic E-state index is 13.6. The number of carbonyl (C=O) groups excluding carboxylic acids is 1. The van der Waals surface area contributed by atoms with E-state index >= 15 is 0 Å². The predicted molar refractivity (Wildman–Crippen MR) is 105 cm³/mol. The molecule has 0 unspecified atom stereocenters. The molecule has 1 aliphatic rings. The summed E-state index contributed by atoms with van der Waals surface area (Å²) in [5.41, 5.74) is 12.5. The Hall–Kier alpha value is -3.44. The zero-order valence-electron chi connectivity index (χ0n) is 14.9. The first-order chi connectivity index (χ1) is 13.1. The molecule has 0 spiro atoms. The fourth-order valence-electron chi connectivity index (χ4n) is 3.46. The lowest BCUT2D eigenvalue weighted by Crippen LogP contribution is -2.43. The molecule has 0 aliphatic carbocycles. The van der Waals surface area contributed by atoms with E-state index in [2.05, 4.69) is 5.73 Å². The van der Waals surface area contributed by atoms with Crippen molar-refractivity contribution in [3.05, 3.63) is 102 Å². The predicted octanol–water partition coefficient (Wildman–Crippen LogP) is 2.16. The molecular formula is C22H21N4O+. The highest BCUT2D eigenvalue weighted by Gasteiger charge is 2.50. The second-order valence-electron chi connectivity index (χ2n) is 6.62. The lowest BCUT2D eigenvalue weighted by molar-refractivity contribution is -0.254. The van der Waals surface area contributed by atoms with Crippen LogP contribution in [0.3, 0.4) is 0 Å². The Balaban J connectivity index is 1.79. The number of guanidine groups is 1. The smallest absolute Gasteiger partial charge is 0.266 e.